The second-order valence-electron chi connectivity index (χ2n) is 5.31. The SMILES string of the molecule is CCCn1cc(NCc2ccc(N(C)C)cc2)c(C)n1.Cl.Cl. The van der Waals surface area contributed by atoms with E-state index in [1.54, 1.807) is 0 Å². The Morgan fingerprint density at radius 2 is 1.77 bits per heavy atom. The van der Waals surface area contributed by atoms with Crippen molar-refractivity contribution < 1.29 is 0 Å². The normalized spacial score (nSPS) is 9.64. The van der Waals surface area contributed by atoms with Crippen molar-refractivity contribution in [1.82, 2.24) is 9.78 Å². The van der Waals surface area contributed by atoms with Crippen molar-refractivity contribution in [3.05, 3.63) is 41.7 Å². The Balaban J connectivity index is 0.00000220. The second kappa shape index (κ2) is 9.59. The molecule has 124 valence electrons. The molecule has 1 N–H and O–H groups in total. The van der Waals surface area contributed by atoms with Crippen molar-refractivity contribution in [1.29, 1.82) is 0 Å². The summed E-state index contributed by atoms with van der Waals surface area (Å²) in [6, 6.07) is 8.61. The third kappa shape index (κ3) is 5.43. The molecule has 0 radical (unpaired) electrons. The van der Waals surface area contributed by atoms with Gasteiger partial charge in [-0.3, -0.25) is 4.68 Å². The first-order valence-corrected chi connectivity index (χ1v) is 7.14. The van der Waals surface area contributed by atoms with Crippen LogP contribution in [0.3, 0.4) is 0 Å². The highest BCUT2D eigenvalue weighted by Gasteiger charge is 2.04. The van der Waals surface area contributed by atoms with Gasteiger partial charge < -0.3 is 10.2 Å². The Hall–Kier alpha value is -1.39. The molecule has 22 heavy (non-hydrogen) atoms. The van der Waals surface area contributed by atoms with E-state index in [2.05, 4.69) is 66.8 Å². The molecule has 6 heteroatoms. The van der Waals surface area contributed by atoms with E-state index >= 15 is 0 Å². The monoisotopic (exact) mass is 344 g/mol. The maximum absolute atomic E-state index is 4.50. The third-order valence-corrected chi connectivity index (χ3v) is 3.33. The molecule has 0 amide bonds. The minimum atomic E-state index is 0. The van der Waals surface area contributed by atoms with Crippen molar-refractivity contribution in [3.63, 3.8) is 0 Å². The van der Waals surface area contributed by atoms with Gasteiger partial charge in [-0.05, 0) is 31.0 Å². The summed E-state index contributed by atoms with van der Waals surface area (Å²) in [5.41, 5.74) is 4.68. The molecule has 0 saturated carbocycles. The van der Waals surface area contributed by atoms with Crippen LogP contribution >= 0.6 is 24.8 Å². The number of nitrogens with one attached hydrogen (secondary N) is 1. The van der Waals surface area contributed by atoms with Crippen LogP contribution < -0.4 is 10.2 Å². The van der Waals surface area contributed by atoms with Gasteiger partial charge in [0.25, 0.3) is 0 Å². The highest BCUT2D eigenvalue weighted by atomic mass is 35.5. The smallest absolute Gasteiger partial charge is 0.0825 e. The van der Waals surface area contributed by atoms with E-state index in [4.69, 9.17) is 0 Å². The number of halogens is 2. The number of hydrogen-bond donors (Lipinski definition) is 1. The fourth-order valence-corrected chi connectivity index (χ4v) is 2.14. The average molecular weight is 345 g/mol. The van der Waals surface area contributed by atoms with E-state index in [0.717, 1.165) is 30.9 Å². The lowest BCUT2D eigenvalue weighted by molar-refractivity contribution is 0.598. The molecule has 1 aromatic heterocycles. The minimum absolute atomic E-state index is 0. The molecule has 0 aliphatic carbocycles. The van der Waals surface area contributed by atoms with Gasteiger partial charge in [-0.1, -0.05) is 19.1 Å². The molecule has 2 aromatic rings. The van der Waals surface area contributed by atoms with E-state index in [1.807, 2.05) is 11.6 Å². The average Bonchev–Trinajstić information content (AvgIpc) is 2.77. The van der Waals surface area contributed by atoms with Crippen molar-refractivity contribution >= 4 is 36.2 Å². The topological polar surface area (TPSA) is 33.1 Å². The van der Waals surface area contributed by atoms with Crippen LogP contribution in [0.5, 0.6) is 0 Å². The molecule has 0 unspecified atom stereocenters. The number of aromatic nitrogens is 2. The van der Waals surface area contributed by atoms with Crippen LogP contribution in [0, 0.1) is 6.92 Å². The van der Waals surface area contributed by atoms with Crippen LogP contribution in [0.15, 0.2) is 30.5 Å². The van der Waals surface area contributed by atoms with E-state index < -0.39 is 0 Å². The molecular formula is C16H26Cl2N4. The number of benzene rings is 1. The zero-order valence-corrected chi connectivity index (χ0v) is 15.3. The predicted octanol–water partition coefficient (Wildman–Crippen LogP) is 4.12. The molecule has 0 bridgehead atoms. The summed E-state index contributed by atoms with van der Waals surface area (Å²) in [5, 5.41) is 7.96. The Bertz CT molecular complexity index is 550. The van der Waals surface area contributed by atoms with Crippen LogP contribution in [0.2, 0.25) is 0 Å². The van der Waals surface area contributed by atoms with Gasteiger partial charge in [0.15, 0.2) is 0 Å². The Morgan fingerprint density at radius 3 is 2.32 bits per heavy atom. The molecule has 2 rings (SSSR count). The molecule has 1 heterocycles. The summed E-state index contributed by atoms with van der Waals surface area (Å²) < 4.78 is 2.01. The zero-order valence-electron chi connectivity index (χ0n) is 13.7. The molecule has 0 saturated heterocycles. The fraction of sp³-hybridized carbons (Fsp3) is 0.438. The number of anilines is 2. The first-order valence-electron chi connectivity index (χ1n) is 7.14. The summed E-state index contributed by atoms with van der Waals surface area (Å²) in [6.45, 7) is 6.01. The number of hydrogen-bond acceptors (Lipinski definition) is 3. The zero-order chi connectivity index (χ0) is 14.5. The van der Waals surface area contributed by atoms with E-state index in [0.29, 0.717) is 0 Å². The van der Waals surface area contributed by atoms with Crippen molar-refractivity contribution in [2.24, 2.45) is 0 Å². The van der Waals surface area contributed by atoms with E-state index in [9.17, 15) is 0 Å². The van der Waals surface area contributed by atoms with Gasteiger partial charge in [-0.25, -0.2) is 0 Å². The van der Waals surface area contributed by atoms with Crippen molar-refractivity contribution in [2.45, 2.75) is 33.4 Å². The lowest BCUT2D eigenvalue weighted by Gasteiger charge is -2.13. The molecule has 0 atom stereocenters. The maximum Gasteiger partial charge on any atom is 0.0825 e. The number of nitrogens with zero attached hydrogens (tertiary/aromatic N) is 3. The summed E-state index contributed by atoms with van der Waals surface area (Å²) >= 11 is 0. The maximum atomic E-state index is 4.50. The minimum Gasteiger partial charge on any atom is -0.378 e. The lowest BCUT2D eigenvalue weighted by Crippen LogP contribution is -2.08. The molecule has 0 spiro atoms. The van der Waals surface area contributed by atoms with Gasteiger partial charge in [0.2, 0.25) is 0 Å². The van der Waals surface area contributed by atoms with Crippen LogP contribution in [-0.2, 0) is 13.1 Å². The molecule has 0 aliphatic rings. The first kappa shape index (κ1) is 20.6. The molecule has 4 nitrogen and oxygen atoms in total. The summed E-state index contributed by atoms with van der Waals surface area (Å²) in [6.07, 6.45) is 3.19. The molecule has 0 aliphatic heterocycles. The van der Waals surface area contributed by atoms with Gasteiger partial charge in [0.1, 0.15) is 0 Å². The Kier molecular flexibility index (Phi) is 8.99. The van der Waals surface area contributed by atoms with Crippen LogP contribution in [0.1, 0.15) is 24.6 Å². The van der Waals surface area contributed by atoms with Gasteiger partial charge in [0, 0.05) is 39.1 Å². The fourth-order valence-electron chi connectivity index (χ4n) is 2.14. The van der Waals surface area contributed by atoms with Crippen molar-refractivity contribution in [2.75, 3.05) is 24.3 Å². The summed E-state index contributed by atoms with van der Waals surface area (Å²) in [5.74, 6) is 0. The number of aryl methyl sites for hydroxylation is 2. The lowest BCUT2D eigenvalue weighted by atomic mass is 10.2. The van der Waals surface area contributed by atoms with Gasteiger partial charge in [-0.15, -0.1) is 24.8 Å². The van der Waals surface area contributed by atoms with Crippen LogP contribution in [0.25, 0.3) is 0 Å². The van der Waals surface area contributed by atoms with Crippen LogP contribution in [-0.4, -0.2) is 23.9 Å². The predicted molar refractivity (Wildman–Crippen MR) is 99.8 cm³/mol. The third-order valence-electron chi connectivity index (χ3n) is 3.33. The first-order chi connectivity index (χ1) is 9.60. The second-order valence-corrected chi connectivity index (χ2v) is 5.31. The van der Waals surface area contributed by atoms with Gasteiger partial charge in [-0.2, -0.15) is 5.10 Å². The summed E-state index contributed by atoms with van der Waals surface area (Å²) in [7, 11) is 4.11. The molecular weight excluding hydrogens is 319 g/mol. The Labute approximate surface area is 145 Å². The quantitative estimate of drug-likeness (QED) is 0.855. The van der Waals surface area contributed by atoms with E-state index in [-0.39, 0.29) is 24.8 Å². The Morgan fingerprint density at radius 1 is 1.14 bits per heavy atom. The molecule has 1 aromatic carbocycles. The largest absolute Gasteiger partial charge is 0.378 e. The molecule has 0 fully saturated rings. The number of rotatable bonds is 6. The van der Waals surface area contributed by atoms with E-state index in [1.165, 1.54) is 11.3 Å². The highest BCUT2D eigenvalue weighted by molar-refractivity contribution is 5.85. The standard InChI is InChI=1S/C16H24N4.2ClH/c1-5-10-20-12-16(13(2)18-20)17-11-14-6-8-15(9-7-14)19(3)4;;/h6-9,12,17H,5,10-11H2,1-4H3;2*1H. The van der Waals surface area contributed by atoms with Gasteiger partial charge in [0.05, 0.1) is 11.4 Å². The summed E-state index contributed by atoms with van der Waals surface area (Å²) in [4.78, 5) is 2.11. The van der Waals surface area contributed by atoms with Gasteiger partial charge >= 0.3 is 0 Å². The van der Waals surface area contributed by atoms with Crippen molar-refractivity contribution in [3.8, 4) is 0 Å². The van der Waals surface area contributed by atoms with Crippen LogP contribution in [0.4, 0.5) is 11.4 Å². The highest BCUT2D eigenvalue weighted by Crippen LogP contribution is 2.16.